The molecule has 1 aromatic rings. The molecule has 1 aromatic carbocycles. The smallest absolute Gasteiger partial charge is 0.183 e. The highest BCUT2D eigenvalue weighted by molar-refractivity contribution is 5.13. The van der Waals surface area contributed by atoms with Crippen LogP contribution in [0.1, 0.15) is 12.0 Å². The molecule has 106 valence electrons. The van der Waals surface area contributed by atoms with Crippen LogP contribution in [-0.2, 0) is 20.8 Å². The first-order valence-corrected chi connectivity index (χ1v) is 6.37. The molecule has 5 heteroatoms. The zero-order valence-electron chi connectivity index (χ0n) is 10.9. The summed E-state index contributed by atoms with van der Waals surface area (Å²) in [7, 11) is 1.54. The summed E-state index contributed by atoms with van der Waals surface area (Å²) < 4.78 is 16.5. The fourth-order valence-electron chi connectivity index (χ4n) is 2.15. The van der Waals surface area contributed by atoms with Gasteiger partial charge in [0.25, 0.3) is 0 Å². The molecule has 0 amide bonds. The molecule has 19 heavy (non-hydrogen) atoms. The second-order valence-electron chi connectivity index (χ2n) is 4.60. The molecule has 4 atom stereocenters. The Balaban J connectivity index is 1.88. The Morgan fingerprint density at radius 3 is 2.74 bits per heavy atom. The van der Waals surface area contributed by atoms with Gasteiger partial charge in [0.2, 0.25) is 0 Å². The maximum atomic E-state index is 9.59. The summed E-state index contributed by atoms with van der Waals surface area (Å²) in [5.41, 5.74) is 1.07. The van der Waals surface area contributed by atoms with Gasteiger partial charge in [0.1, 0.15) is 12.2 Å². The maximum Gasteiger partial charge on any atom is 0.183 e. The summed E-state index contributed by atoms with van der Waals surface area (Å²) in [6.07, 6.45) is -1.59. The van der Waals surface area contributed by atoms with Gasteiger partial charge < -0.3 is 24.4 Å². The van der Waals surface area contributed by atoms with Crippen molar-refractivity contribution in [2.24, 2.45) is 0 Å². The number of aliphatic hydroxyl groups is 2. The monoisotopic (exact) mass is 268 g/mol. The van der Waals surface area contributed by atoms with Gasteiger partial charge in [0.15, 0.2) is 6.29 Å². The van der Waals surface area contributed by atoms with Gasteiger partial charge in [-0.25, -0.2) is 0 Å². The van der Waals surface area contributed by atoms with Gasteiger partial charge in [-0.15, -0.1) is 0 Å². The van der Waals surface area contributed by atoms with Crippen molar-refractivity contribution < 1.29 is 24.4 Å². The minimum atomic E-state index is -0.900. The highest BCUT2D eigenvalue weighted by Gasteiger charge is 2.39. The van der Waals surface area contributed by atoms with Crippen LogP contribution in [0.25, 0.3) is 0 Å². The molecule has 0 spiro atoms. The van der Waals surface area contributed by atoms with Crippen LogP contribution < -0.4 is 0 Å². The number of hydrogen-bond acceptors (Lipinski definition) is 5. The lowest BCUT2D eigenvalue weighted by Gasteiger charge is -2.17. The number of benzene rings is 1. The van der Waals surface area contributed by atoms with Gasteiger partial charge in [0.05, 0.1) is 19.3 Å². The molecule has 0 bridgehead atoms. The van der Waals surface area contributed by atoms with Crippen molar-refractivity contribution in [1.82, 2.24) is 0 Å². The molecular weight excluding hydrogens is 248 g/mol. The van der Waals surface area contributed by atoms with Gasteiger partial charge in [-0.1, -0.05) is 30.3 Å². The zero-order chi connectivity index (χ0) is 13.7. The summed E-state index contributed by atoms with van der Waals surface area (Å²) in [5.74, 6) is 0. The fraction of sp³-hybridized carbons (Fsp3) is 0.571. The normalized spacial score (nSPS) is 28.5. The van der Waals surface area contributed by atoms with E-state index in [1.54, 1.807) is 0 Å². The van der Waals surface area contributed by atoms with E-state index in [-0.39, 0.29) is 12.7 Å². The van der Waals surface area contributed by atoms with E-state index in [9.17, 15) is 5.11 Å². The van der Waals surface area contributed by atoms with Crippen LogP contribution in [0, 0.1) is 0 Å². The van der Waals surface area contributed by atoms with Crippen molar-refractivity contribution >= 4 is 0 Å². The third kappa shape index (κ3) is 3.75. The number of hydrogen-bond donors (Lipinski definition) is 2. The molecule has 1 heterocycles. The maximum absolute atomic E-state index is 9.59. The molecule has 0 saturated carbocycles. The van der Waals surface area contributed by atoms with Gasteiger partial charge in [0, 0.05) is 13.5 Å². The van der Waals surface area contributed by atoms with Crippen LogP contribution in [0.2, 0.25) is 0 Å². The second-order valence-corrected chi connectivity index (χ2v) is 4.60. The van der Waals surface area contributed by atoms with Crippen LogP contribution in [0.3, 0.4) is 0 Å². The molecule has 0 unspecified atom stereocenters. The van der Waals surface area contributed by atoms with Crippen molar-refractivity contribution in [3.63, 3.8) is 0 Å². The second kappa shape index (κ2) is 6.98. The van der Waals surface area contributed by atoms with E-state index >= 15 is 0 Å². The van der Waals surface area contributed by atoms with Crippen LogP contribution in [-0.4, -0.2) is 48.5 Å². The standard InChI is InChI=1S/C14H20O5/c1-17-14-13(7-12(19-14)11(16)8-15)18-9-10-5-3-2-4-6-10/h2-6,11-16H,7-9H2,1H3/t11-,12+,13+,14+/m1/s1. The van der Waals surface area contributed by atoms with Gasteiger partial charge >= 0.3 is 0 Å². The molecule has 1 aliphatic heterocycles. The summed E-state index contributed by atoms with van der Waals surface area (Å²) in [6, 6.07) is 9.83. The first-order chi connectivity index (χ1) is 9.24. The van der Waals surface area contributed by atoms with E-state index in [1.807, 2.05) is 30.3 Å². The number of aliphatic hydroxyl groups excluding tert-OH is 2. The van der Waals surface area contributed by atoms with Crippen molar-refractivity contribution in [2.75, 3.05) is 13.7 Å². The van der Waals surface area contributed by atoms with E-state index in [0.29, 0.717) is 13.0 Å². The molecule has 0 aliphatic carbocycles. The molecule has 1 saturated heterocycles. The van der Waals surface area contributed by atoms with Crippen LogP contribution >= 0.6 is 0 Å². The minimum Gasteiger partial charge on any atom is -0.394 e. The highest BCUT2D eigenvalue weighted by atomic mass is 16.7. The van der Waals surface area contributed by atoms with Crippen LogP contribution in [0.15, 0.2) is 30.3 Å². The van der Waals surface area contributed by atoms with Crippen LogP contribution in [0.5, 0.6) is 0 Å². The molecule has 0 radical (unpaired) electrons. The van der Waals surface area contributed by atoms with Crippen molar-refractivity contribution in [3.8, 4) is 0 Å². The lowest BCUT2D eigenvalue weighted by molar-refractivity contribution is -0.177. The predicted molar refractivity (Wildman–Crippen MR) is 68.4 cm³/mol. The van der Waals surface area contributed by atoms with E-state index in [4.69, 9.17) is 19.3 Å². The Hall–Kier alpha value is -0.980. The molecular formula is C14H20O5. The average molecular weight is 268 g/mol. The molecule has 1 aliphatic rings. The van der Waals surface area contributed by atoms with E-state index in [0.717, 1.165) is 5.56 Å². The lowest BCUT2D eigenvalue weighted by Crippen LogP contribution is -2.29. The van der Waals surface area contributed by atoms with Gasteiger partial charge in [-0.3, -0.25) is 0 Å². The summed E-state index contributed by atoms with van der Waals surface area (Å²) in [5, 5.41) is 18.5. The lowest BCUT2D eigenvalue weighted by atomic mass is 10.1. The molecule has 0 aromatic heterocycles. The van der Waals surface area contributed by atoms with Gasteiger partial charge in [-0.05, 0) is 5.56 Å². The SMILES string of the molecule is CO[C@H]1O[C@H]([C@H](O)CO)C[C@@H]1OCc1ccccc1. The van der Waals surface area contributed by atoms with E-state index in [2.05, 4.69) is 0 Å². The van der Waals surface area contributed by atoms with Crippen LogP contribution in [0.4, 0.5) is 0 Å². The van der Waals surface area contributed by atoms with Crippen molar-refractivity contribution in [2.45, 2.75) is 37.6 Å². The molecule has 1 fully saturated rings. The van der Waals surface area contributed by atoms with E-state index < -0.39 is 18.5 Å². The summed E-state index contributed by atoms with van der Waals surface area (Å²) in [6.45, 7) is 0.142. The van der Waals surface area contributed by atoms with Crippen molar-refractivity contribution in [3.05, 3.63) is 35.9 Å². The zero-order valence-corrected chi connectivity index (χ0v) is 10.9. The van der Waals surface area contributed by atoms with Crippen molar-refractivity contribution in [1.29, 1.82) is 0 Å². The number of rotatable bonds is 6. The Labute approximate surface area is 112 Å². The van der Waals surface area contributed by atoms with E-state index in [1.165, 1.54) is 7.11 Å². The first kappa shape index (κ1) is 14.4. The molecule has 5 nitrogen and oxygen atoms in total. The molecule has 2 N–H and O–H groups in total. The number of methoxy groups -OCH3 is 1. The summed E-state index contributed by atoms with van der Waals surface area (Å²) >= 11 is 0. The Morgan fingerprint density at radius 1 is 1.37 bits per heavy atom. The Morgan fingerprint density at radius 2 is 2.11 bits per heavy atom. The largest absolute Gasteiger partial charge is 0.394 e. The third-order valence-electron chi connectivity index (χ3n) is 3.23. The van der Waals surface area contributed by atoms with Gasteiger partial charge in [-0.2, -0.15) is 0 Å². The Bertz CT molecular complexity index is 369. The quantitative estimate of drug-likeness (QED) is 0.794. The molecule has 2 rings (SSSR count). The fourth-order valence-corrected chi connectivity index (χ4v) is 2.15. The predicted octanol–water partition coefficient (Wildman–Crippen LogP) is 0.686. The summed E-state index contributed by atoms with van der Waals surface area (Å²) in [4.78, 5) is 0. The topological polar surface area (TPSA) is 68.2 Å². The average Bonchev–Trinajstić information content (AvgIpc) is 2.88. The third-order valence-corrected chi connectivity index (χ3v) is 3.23. The first-order valence-electron chi connectivity index (χ1n) is 6.37. The highest BCUT2D eigenvalue weighted by Crippen LogP contribution is 2.26. The Kier molecular flexibility index (Phi) is 5.30. The minimum absolute atomic E-state index is 0.239. The number of ether oxygens (including phenoxy) is 3.